The normalized spacial score (nSPS) is 14.3. The molecule has 0 aliphatic carbocycles. The Morgan fingerprint density at radius 2 is 2.00 bits per heavy atom. The average Bonchev–Trinajstić information content (AvgIpc) is 2.31. The molecule has 1 rings (SSSR count). The van der Waals surface area contributed by atoms with Crippen molar-refractivity contribution in [3.63, 3.8) is 0 Å². The zero-order valence-electron chi connectivity index (χ0n) is 12.5. The van der Waals surface area contributed by atoms with Crippen molar-refractivity contribution in [2.45, 2.75) is 39.8 Å². The smallest absolute Gasteiger partial charge is 0.126 e. The largest absolute Gasteiger partial charge is 0.392 e. The summed E-state index contributed by atoms with van der Waals surface area (Å²) >= 11 is 0. The average molecular weight is 268 g/mol. The SMILES string of the molecule is CCNC(C)c1cc(F)c(C)cc1N(C)CC(C)O. The van der Waals surface area contributed by atoms with Crippen molar-refractivity contribution in [1.82, 2.24) is 5.32 Å². The highest BCUT2D eigenvalue weighted by molar-refractivity contribution is 5.56. The zero-order valence-corrected chi connectivity index (χ0v) is 12.5. The summed E-state index contributed by atoms with van der Waals surface area (Å²) in [5.74, 6) is -0.186. The number of hydrogen-bond donors (Lipinski definition) is 2. The summed E-state index contributed by atoms with van der Waals surface area (Å²) in [7, 11) is 1.92. The fourth-order valence-corrected chi connectivity index (χ4v) is 2.27. The lowest BCUT2D eigenvalue weighted by atomic mass is 10.0. The van der Waals surface area contributed by atoms with Crippen LogP contribution in [-0.2, 0) is 0 Å². The first-order valence-corrected chi connectivity index (χ1v) is 6.79. The van der Waals surface area contributed by atoms with Gasteiger partial charge in [-0.25, -0.2) is 4.39 Å². The molecule has 1 aromatic rings. The highest BCUT2D eigenvalue weighted by atomic mass is 19.1. The lowest BCUT2D eigenvalue weighted by Crippen LogP contribution is -2.29. The molecule has 0 aromatic heterocycles. The Morgan fingerprint density at radius 1 is 1.37 bits per heavy atom. The fourth-order valence-electron chi connectivity index (χ4n) is 2.27. The Hall–Kier alpha value is -1.13. The van der Waals surface area contributed by atoms with Gasteiger partial charge in [0, 0.05) is 25.3 Å². The second-order valence-electron chi connectivity index (χ2n) is 5.17. The molecule has 4 heteroatoms. The topological polar surface area (TPSA) is 35.5 Å². The minimum atomic E-state index is -0.419. The Bertz CT molecular complexity index is 421. The van der Waals surface area contributed by atoms with Crippen LogP contribution in [0.15, 0.2) is 12.1 Å². The molecule has 0 aliphatic rings. The van der Waals surface area contributed by atoms with E-state index in [-0.39, 0.29) is 11.9 Å². The third-order valence-corrected chi connectivity index (χ3v) is 3.23. The van der Waals surface area contributed by atoms with Crippen molar-refractivity contribution in [3.8, 4) is 0 Å². The van der Waals surface area contributed by atoms with Crippen LogP contribution < -0.4 is 10.2 Å². The van der Waals surface area contributed by atoms with Crippen molar-refractivity contribution in [2.24, 2.45) is 0 Å². The number of anilines is 1. The van der Waals surface area contributed by atoms with Crippen LogP contribution in [-0.4, -0.2) is 31.3 Å². The summed E-state index contributed by atoms with van der Waals surface area (Å²) in [4.78, 5) is 1.97. The van der Waals surface area contributed by atoms with Gasteiger partial charge in [0.05, 0.1) is 6.10 Å². The first-order chi connectivity index (χ1) is 8.86. The summed E-state index contributed by atoms with van der Waals surface area (Å²) in [6, 6.07) is 3.52. The van der Waals surface area contributed by atoms with E-state index >= 15 is 0 Å². The molecule has 0 heterocycles. The Kier molecular flexibility index (Phi) is 5.76. The van der Waals surface area contributed by atoms with Gasteiger partial charge in [-0.3, -0.25) is 0 Å². The van der Waals surface area contributed by atoms with Crippen LogP contribution in [0.1, 0.15) is 37.9 Å². The third-order valence-electron chi connectivity index (χ3n) is 3.23. The number of halogens is 1. The number of nitrogens with zero attached hydrogens (tertiary/aromatic N) is 1. The molecular weight excluding hydrogens is 243 g/mol. The van der Waals surface area contributed by atoms with E-state index in [4.69, 9.17) is 0 Å². The minimum Gasteiger partial charge on any atom is -0.392 e. The number of hydrogen-bond acceptors (Lipinski definition) is 3. The maximum Gasteiger partial charge on any atom is 0.126 e. The second kappa shape index (κ2) is 6.87. The molecule has 19 heavy (non-hydrogen) atoms. The van der Waals surface area contributed by atoms with Crippen LogP contribution in [0.2, 0.25) is 0 Å². The quantitative estimate of drug-likeness (QED) is 0.832. The number of aliphatic hydroxyl groups is 1. The monoisotopic (exact) mass is 268 g/mol. The maximum absolute atomic E-state index is 13.8. The second-order valence-corrected chi connectivity index (χ2v) is 5.17. The maximum atomic E-state index is 13.8. The van der Waals surface area contributed by atoms with Crippen molar-refractivity contribution in [2.75, 3.05) is 25.0 Å². The summed E-state index contributed by atoms with van der Waals surface area (Å²) in [6.07, 6.45) is -0.419. The van der Waals surface area contributed by atoms with Gasteiger partial charge in [-0.1, -0.05) is 6.92 Å². The number of nitrogens with one attached hydrogen (secondary N) is 1. The van der Waals surface area contributed by atoms with Gasteiger partial charge in [-0.15, -0.1) is 0 Å². The standard InChI is InChI=1S/C15H25FN2O/c1-6-17-12(4)13-8-14(16)10(2)7-15(13)18(5)9-11(3)19/h7-8,11-12,17,19H,6,9H2,1-5H3. The number of likely N-dealkylation sites (N-methyl/N-ethyl adjacent to an activating group) is 1. The lowest BCUT2D eigenvalue weighted by Gasteiger charge is -2.27. The van der Waals surface area contributed by atoms with Gasteiger partial charge in [-0.05, 0) is 50.6 Å². The van der Waals surface area contributed by atoms with E-state index in [1.807, 2.05) is 31.9 Å². The Balaban J connectivity index is 3.15. The van der Waals surface area contributed by atoms with E-state index < -0.39 is 6.10 Å². The summed E-state index contributed by atoms with van der Waals surface area (Å²) in [5, 5.41) is 12.8. The van der Waals surface area contributed by atoms with Crippen LogP contribution in [0.5, 0.6) is 0 Å². The van der Waals surface area contributed by atoms with E-state index in [1.54, 1.807) is 19.9 Å². The molecule has 0 amide bonds. The number of aryl methyl sites for hydroxylation is 1. The molecule has 0 spiro atoms. The van der Waals surface area contributed by atoms with E-state index in [0.29, 0.717) is 12.1 Å². The molecular formula is C15H25FN2O. The fraction of sp³-hybridized carbons (Fsp3) is 0.600. The van der Waals surface area contributed by atoms with Crippen molar-refractivity contribution in [1.29, 1.82) is 0 Å². The van der Waals surface area contributed by atoms with Gasteiger partial charge >= 0.3 is 0 Å². The summed E-state index contributed by atoms with van der Waals surface area (Å²) in [6.45, 7) is 8.91. The molecule has 2 atom stereocenters. The Labute approximate surface area is 115 Å². The predicted octanol–water partition coefficient (Wildman–Crippen LogP) is 2.62. The molecule has 0 saturated heterocycles. The zero-order chi connectivity index (χ0) is 14.6. The van der Waals surface area contributed by atoms with Crippen LogP contribution in [0.4, 0.5) is 10.1 Å². The summed E-state index contributed by atoms with van der Waals surface area (Å²) in [5.41, 5.74) is 2.52. The van der Waals surface area contributed by atoms with E-state index in [1.165, 1.54) is 0 Å². The van der Waals surface area contributed by atoms with Crippen LogP contribution in [0, 0.1) is 12.7 Å². The molecule has 108 valence electrons. The molecule has 0 radical (unpaired) electrons. The predicted molar refractivity (Wildman–Crippen MR) is 78.2 cm³/mol. The Morgan fingerprint density at radius 3 is 2.53 bits per heavy atom. The molecule has 0 saturated carbocycles. The van der Waals surface area contributed by atoms with Gasteiger partial charge in [0.2, 0.25) is 0 Å². The van der Waals surface area contributed by atoms with Crippen LogP contribution in [0.3, 0.4) is 0 Å². The lowest BCUT2D eigenvalue weighted by molar-refractivity contribution is 0.201. The highest BCUT2D eigenvalue weighted by Crippen LogP contribution is 2.28. The number of benzene rings is 1. The van der Waals surface area contributed by atoms with Gasteiger partial charge in [0.15, 0.2) is 0 Å². The van der Waals surface area contributed by atoms with E-state index in [9.17, 15) is 9.50 Å². The van der Waals surface area contributed by atoms with Crippen LogP contribution in [0.25, 0.3) is 0 Å². The highest BCUT2D eigenvalue weighted by Gasteiger charge is 2.16. The first-order valence-electron chi connectivity index (χ1n) is 6.79. The number of aliphatic hydroxyl groups excluding tert-OH is 1. The van der Waals surface area contributed by atoms with Crippen molar-refractivity contribution < 1.29 is 9.50 Å². The van der Waals surface area contributed by atoms with Gasteiger partial charge in [-0.2, -0.15) is 0 Å². The molecule has 0 bridgehead atoms. The van der Waals surface area contributed by atoms with Crippen LogP contribution >= 0.6 is 0 Å². The van der Waals surface area contributed by atoms with E-state index in [0.717, 1.165) is 17.8 Å². The molecule has 3 nitrogen and oxygen atoms in total. The van der Waals surface area contributed by atoms with E-state index in [2.05, 4.69) is 5.32 Å². The van der Waals surface area contributed by atoms with Crippen molar-refractivity contribution in [3.05, 3.63) is 29.1 Å². The van der Waals surface area contributed by atoms with Gasteiger partial charge < -0.3 is 15.3 Å². The first kappa shape index (κ1) is 15.9. The van der Waals surface area contributed by atoms with Crippen molar-refractivity contribution >= 4 is 5.69 Å². The molecule has 0 aliphatic heterocycles. The molecule has 0 fully saturated rings. The van der Waals surface area contributed by atoms with Gasteiger partial charge in [0.1, 0.15) is 5.82 Å². The molecule has 2 N–H and O–H groups in total. The summed E-state index contributed by atoms with van der Waals surface area (Å²) < 4.78 is 13.8. The molecule has 2 unspecified atom stereocenters. The minimum absolute atomic E-state index is 0.0755. The molecule has 1 aromatic carbocycles. The number of rotatable bonds is 6. The van der Waals surface area contributed by atoms with Gasteiger partial charge in [0.25, 0.3) is 0 Å². The third kappa shape index (κ3) is 4.18.